The molecule has 0 unspecified atom stereocenters. The average molecular weight is 293 g/mol. The Hall–Kier alpha value is -1.75. The molecule has 1 aromatic carbocycles. The molecule has 0 atom stereocenters. The lowest BCUT2D eigenvalue weighted by Gasteiger charge is -2.22. The molecule has 1 aromatic rings. The fraction of sp³-hybridized carbons (Fsp3) is 0.562. The molecule has 1 saturated carbocycles. The van der Waals surface area contributed by atoms with Gasteiger partial charge < -0.3 is 19.9 Å². The molecular formula is C16H23NO4. The Morgan fingerprint density at radius 2 is 2.05 bits per heavy atom. The third kappa shape index (κ3) is 4.63. The highest BCUT2D eigenvalue weighted by atomic mass is 16.5. The summed E-state index contributed by atoms with van der Waals surface area (Å²) in [7, 11) is 1.54. The normalized spacial score (nSPS) is 15.5. The Balaban J connectivity index is 1.87. The first-order valence-electron chi connectivity index (χ1n) is 7.43. The summed E-state index contributed by atoms with van der Waals surface area (Å²) in [5, 5.41) is 12.1. The number of hydrogen-bond acceptors (Lipinski definition) is 4. The maximum absolute atomic E-state index is 11.9. The van der Waals surface area contributed by atoms with Crippen molar-refractivity contribution in [3.8, 4) is 11.5 Å². The van der Waals surface area contributed by atoms with Crippen LogP contribution in [0.1, 0.15) is 37.7 Å². The van der Waals surface area contributed by atoms with Gasteiger partial charge in [0, 0.05) is 6.04 Å². The summed E-state index contributed by atoms with van der Waals surface area (Å²) in [6, 6.07) is 5.45. The van der Waals surface area contributed by atoms with Gasteiger partial charge >= 0.3 is 0 Å². The van der Waals surface area contributed by atoms with Gasteiger partial charge in [0.15, 0.2) is 18.1 Å². The molecular weight excluding hydrogens is 270 g/mol. The zero-order valence-electron chi connectivity index (χ0n) is 12.4. The molecule has 1 amide bonds. The number of carbonyl (C=O) groups is 1. The van der Waals surface area contributed by atoms with Gasteiger partial charge in [0.2, 0.25) is 0 Å². The van der Waals surface area contributed by atoms with Gasteiger partial charge in [-0.05, 0) is 30.5 Å². The van der Waals surface area contributed by atoms with Crippen molar-refractivity contribution in [3.63, 3.8) is 0 Å². The maximum Gasteiger partial charge on any atom is 0.258 e. The first-order valence-corrected chi connectivity index (χ1v) is 7.43. The van der Waals surface area contributed by atoms with Crippen LogP contribution in [0.25, 0.3) is 0 Å². The molecule has 2 N–H and O–H groups in total. The van der Waals surface area contributed by atoms with Gasteiger partial charge in [-0.1, -0.05) is 25.3 Å². The Labute approximate surface area is 125 Å². The predicted molar refractivity (Wildman–Crippen MR) is 79.4 cm³/mol. The van der Waals surface area contributed by atoms with Crippen LogP contribution >= 0.6 is 0 Å². The number of hydrogen-bond donors (Lipinski definition) is 2. The Kier molecular flexibility index (Phi) is 5.87. The van der Waals surface area contributed by atoms with Crippen LogP contribution in [0, 0.1) is 0 Å². The lowest BCUT2D eigenvalue weighted by molar-refractivity contribution is -0.124. The zero-order chi connectivity index (χ0) is 15.1. The van der Waals surface area contributed by atoms with Crippen molar-refractivity contribution >= 4 is 5.91 Å². The number of aliphatic hydroxyl groups is 1. The number of methoxy groups -OCH3 is 1. The number of benzene rings is 1. The molecule has 0 spiro atoms. The molecule has 0 aromatic heterocycles. The predicted octanol–water partition coefficient (Wildman–Crippen LogP) is 2.02. The van der Waals surface area contributed by atoms with Gasteiger partial charge in [0.1, 0.15) is 0 Å². The van der Waals surface area contributed by atoms with Crippen molar-refractivity contribution < 1.29 is 19.4 Å². The van der Waals surface area contributed by atoms with Crippen LogP contribution in [0.15, 0.2) is 18.2 Å². The lowest BCUT2D eigenvalue weighted by atomic mass is 9.95. The number of amides is 1. The molecule has 5 nitrogen and oxygen atoms in total. The highest BCUT2D eigenvalue weighted by Crippen LogP contribution is 2.28. The second kappa shape index (κ2) is 7.88. The van der Waals surface area contributed by atoms with E-state index in [0.717, 1.165) is 18.4 Å². The van der Waals surface area contributed by atoms with Crippen molar-refractivity contribution in [2.75, 3.05) is 13.7 Å². The summed E-state index contributed by atoms with van der Waals surface area (Å²) < 4.78 is 10.7. The van der Waals surface area contributed by atoms with Crippen LogP contribution in [0.5, 0.6) is 11.5 Å². The van der Waals surface area contributed by atoms with E-state index in [9.17, 15) is 4.79 Å². The van der Waals surface area contributed by atoms with E-state index in [1.807, 2.05) is 0 Å². The van der Waals surface area contributed by atoms with Crippen molar-refractivity contribution in [2.24, 2.45) is 0 Å². The van der Waals surface area contributed by atoms with Crippen molar-refractivity contribution in [3.05, 3.63) is 23.8 Å². The first kappa shape index (κ1) is 15.6. The van der Waals surface area contributed by atoms with Gasteiger partial charge in [-0.25, -0.2) is 0 Å². The van der Waals surface area contributed by atoms with Crippen LogP contribution in [0.3, 0.4) is 0 Å². The van der Waals surface area contributed by atoms with E-state index in [0.29, 0.717) is 11.5 Å². The van der Waals surface area contributed by atoms with E-state index in [1.54, 1.807) is 25.3 Å². The molecule has 116 valence electrons. The van der Waals surface area contributed by atoms with E-state index in [1.165, 1.54) is 19.3 Å². The Bertz CT molecular complexity index is 469. The molecule has 0 saturated heterocycles. The summed E-state index contributed by atoms with van der Waals surface area (Å²) >= 11 is 0. The van der Waals surface area contributed by atoms with Gasteiger partial charge in [0.25, 0.3) is 5.91 Å². The van der Waals surface area contributed by atoms with E-state index in [4.69, 9.17) is 14.6 Å². The van der Waals surface area contributed by atoms with Crippen molar-refractivity contribution in [2.45, 2.75) is 44.8 Å². The minimum atomic E-state index is -0.113. The lowest BCUT2D eigenvalue weighted by Crippen LogP contribution is -2.39. The van der Waals surface area contributed by atoms with Gasteiger partial charge in [-0.3, -0.25) is 4.79 Å². The number of ether oxygens (including phenoxy) is 2. The number of aliphatic hydroxyl groups excluding tert-OH is 1. The smallest absolute Gasteiger partial charge is 0.258 e. The molecule has 5 heteroatoms. The summed E-state index contributed by atoms with van der Waals surface area (Å²) in [4.78, 5) is 11.9. The quantitative estimate of drug-likeness (QED) is 0.842. The minimum absolute atomic E-state index is 0.0399. The molecule has 2 rings (SSSR count). The van der Waals surface area contributed by atoms with Crippen LogP contribution in [0.2, 0.25) is 0 Å². The van der Waals surface area contributed by atoms with Gasteiger partial charge in [0.05, 0.1) is 13.7 Å². The fourth-order valence-electron chi connectivity index (χ4n) is 2.59. The first-order chi connectivity index (χ1) is 10.2. The number of carbonyl (C=O) groups excluding carboxylic acids is 1. The standard InChI is InChI=1S/C16H23NO4/c1-20-14-8-7-12(10-18)9-15(14)21-11-16(19)17-13-5-3-2-4-6-13/h7-9,13,18H,2-6,10-11H2,1H3,(H,17,19). The summed E-state index contributed by atoms with van der Waals surface area (Å²) in [6.45, 7) is -0.115. The Morgan fingerprint density at radius 3 is 2.71 bits per heavy atom. The second-order valence-electron chi connectivity index (χ2n) is 5.33. The molecule has 0 aliphatic heterocycles. The van der Waals surface area contributed by atoms with Crippen LogP contribution < -0.4 is 14.8 Å². The largest absolute Gasteiger partial charge is 0.493 e. The highest BCUT2D eigenvalue weighted by molar-refractivity contribution is 5.78. The monoisotopic (exact) mass is 293 g/mol. The topological polar surface area (TPSA) is 67.8 Å². The average Bonchev–Trinajstić information content (AvgIpc) is 2.53. The molecule has 0 heterocycles. The molecule has 21 heavy (non-hydrogen) atoms. The maximum atomic E-state index is 11.9. The van der Waals surface area contributed by atoms with Crippen molar-refractivity contribution in [1.29, 1.82) is 0 Å². The van der Waals surface area contributed by atoms with Gasteiger partial charge in [-0.15, -0.1) is 0 Å². The van der Waals surface area contributed by atoms with E-state index >= 15 is 0 Å². The summed E-state index contributed by atoms with van der Waals surface area (Å²) in [5.41, 5.74) is 0.721. The van der Waals surface area contributed by atoms with Gasteiger partial charge in [-0.2, -0.15) is 0 Å². The van der Waals surface area contributed by atoms with E-state index in [2.05, 4.69) is 5.32 Å². The van der Waals surface area contributed by atoms with E-state index < -0.39 is 0 Å². The van der Waals surface area contributed by atoms with Crippen LogP contribution in [0.4, 0.5) is 0 Å². The van der Waals surface area contributed by atoms with Crippen LogP contribution in [-0.4, -0.2) is 30.8 Å². The van der Waals surface area contributed by atoms with E-state index in [-0.39, 0.29) is 25.2 Å². The highest BCUT2D eigenvalue weighted by Gasteiger charge is 2.16. The number of nitrogens with one attached hydrogen (secondary N) is 1. The zero-order valence-corrected chi connectivity index (χ0v) is 12.4. The SMILES string of the molecule is COc1ccc(CO)cc1OCC(=O)NC1CCCCC1. The second-order valence-corrected chi connectivity index (χ2v) is 5.33. The molecule has 0 radical (unpaired) electrons. The third-order valence-electron chi connectivity index (χ3n) is 3.74. The summed E-state index contributed by atoms with van der Waals surface area (Å²) in [5.74, 6) is 0.916. The minimum Gasteiger partial charge on any atom is -0.493 e. The third-order valence-corrected chi connectivity index (χ3v) is 3.74. The fourth-order valence-corrected chi connectivity index (χ4v) is 2.59. The van der Waals surface area contributed by atoms with Crippen LogP contribution in [-0.2, 0) is 11.4 Å². The molecule has 1 fully saturated rings. The van der Waals surface area contributed by atoms with Crippen molar-refractivity contribution in [1.82, 2.24) is 5.32 Å². The molecule has 1 aliphatic rings. The molecule has 0 bridgehead atoms. The molecule has 1 aliphatic carbocycles. The summed E-state index contributed by atoms with van der Waals surface area (Å²) in [6.07, 6.45) is 5.72. The number of rotatable bonds is 6. The Morgan fingerprint density at radius 1 is 1.29 bits per heavy atom.